The van der Waals surface area contributed by atoms with Crippen LogP contribution in [0.5, 0.6) is 0 Å². The molecular formula is C25H28N4O. The minimum absolute atomic E-state index is 0.0915. The molecule has 1 aliphatic carbocycles. The zero-order chi connectivity index (χ0) is 20.5. The van der Waals surface area contributed by atoms with E-state index in [-0.39, 0.29) is 5.91 Å². The van der Waals surface area contributed by atoms with Gasteiger partial charge in [0.2, 0.25) is 5.91 Å². The summed E-state index contributed by atoms with van der Waals surface area (Å²) in [6, 6.07) is 18.6. The van der Waals surface area contributed by atoms with E-state index in [0.717, 1.165) is 43.3 Å². The summed E-state index contributed by atoms with van der Waals surface area (Å²) in [5.41, 5.74) is 3.40. The van der Waals surface area contributed by atoms with E-state index in [1.807, 2.05) is 22.9 Å². The van der Waals surface area contributed by atoms with Gasteiger partial charge in [-0.05, 0) is 61.3 Å². The fraction of sp³-hybridized carbons (Fsp3) is 0.360. The van der Waals surface area contributed by atoms with E-state index in [9.17, 15) is 4.79 Å². The lowest BCUT2D eigenvalue weighted by Gasteiger charge is -2.28. The minimum atomic E-state index is 0.0915. The number of aromatic nitrogens is 3. The number of fused-ring (bicyclic) bond motifs is 2. The van der Waals surface area contributed by atoms with Gasteiger partial charge in [0.05, 0.1) is 11.0 Å². The van der Waals surface area contributed by atoms with Gasteiger partial charge < -0.3 is 14.5 Å². The van der Waals surface area contributed by atoms with E-state index in [1.165, 1.54) is 16.7 Å². The van der Waals surface area contributed by atoms with Gasteiger partial charge in [0, 0.05) is 31.2 Å². The van der Waals surface area contributed by atoms with Crippen LogP contribution >= 0.6 is 0 Å². The third-order valence-corrected chi connectivity index (χ3v) is 6.62. The van der Waals surface area contributed by atoms with Crippen molar-refractivity contribution >= 4 is 27.8 Å². The van der Waals surface area contributed by atoms with Crippen molar-refractivity contribution in [2.45, 2.75) is 38.1 Å². The summed E-state index contributed by atoms with van der Waals surface area (Å²) in [5, 5.41) is 4.33. The summed E-state index contributed by atoms with van der Waals surface area (Å²) < 4.78 is 4.27. The van der Waals surface area contributed by atoms with Crippen molar-refractivity contribution < 1.29 is 4.79 Å². The highest BCUT2D eigenvalue weighted by molar-refractivity contribution is 5.83. The highest BCUT2D eigenvalue weighted by Crippen LogP contribution is 2.36. The number of carbonyl (C=O) groups excluding carboxylic acids is 1. The van der Waals surface area contributed by atoms with Gasteiger partial charge in [-0.1, -0.05) is 30.3 Å². The molecule has 0 saturated heterocycles. The molecule has 1 aliphatic rings. The Hall–Kier alpha value is -3.08. The maximum absolute atomic E-state index is 12.5. The molecule has 4 aromatic rings. The third-order valence-electron chi connectivity index (χ3n) is 6.62. The summed E-state index contributed by atoms with van der Waals surface area (Å²) >= 11 is 0. The Kier molecular flexibility index (Phi) is 5.03. The van der Waals surface area contributed by atoms with Crippen LogP contribution in [0, 0.1) is 5.92 Å². The number of para-hydroxylation sites is 3. The number of imidazole rings is 1. The Morgan fingerprint density at radius 2 is 1.73 bits per heavy atom. The molecule has 0 atom stereocenters. The van der Waals surface area contributed by atoms with Crippen LogP contribution in [0.1, 0.15) is 37.4 Å². The molecule has 1 N–H and O–H groups in total. The smallest absolute Gasteiger partial charge is 0.239 e. The van der Waals surface area contributed by atoms with E-state index < -0.39 is 0 Å². The number of amides is 1. The van der Waals surface area contributed by atoms with E-state index >= 15 is 0 Å². The topological polar surface area (TPSA) is 51.9 Å². The average molecular weight is 401 g/mol. The van der Waals surface area contributed by atoms with Gasteiger partial charge in [-0.2, -0.15) is 0 Å². The highest BCUT2D eigenvalue weighted by atomic mass is 16.1. The van der Waals surface area contributed by atoms with E-state index in [4.69, 9.17) is 4.98 Å². The van der Waals surface area contributed by atoms with Crippen LogP contribution in [-0.2, 0) is 18.4 Å². The molecule has 154 valence electrons. The van der Waals surface area contributed by atoms with Crippen molar-refractivity contribution in [1.29, 1.82) is 0 Å². The van der Waals surface area contributed by atoms with Gasteiger partial charge in [-0.25, -0.2) is 4.98 Å². The van der Waals surface area contributed by atoms with E-state index in [0.29, 0.717) is 18.4 Å². The molecule has 1 amide bonds. The predicted octanol–water partition coefficient (Wildman–Crippen LogP) is 4.62. The van der Waals surface area contributed by atoms with Crippen LogP contribution in [-0.4, -0.2) is 26.6 Å². The number of hydrogen-bond acceptors (Lipinski definition) is 2. The first-order chi connectivity index (χ1) is 14.7. The van der Waals surface area contributed by atoms with E-state index in [2.05, 4.69) is 59.4 Å². The molecule has 1 fully saturated rings. The first-order valence-corrected chi connectivity index (χ1v) is 10.9. The maximum Gasteiger partial charge on any atom is 0.239 e. The number of carbonyl (C=O) groups is 1. The van der Waals surface area contributed by atoms with Gasteiger partial charge in [0.15, 0.2) is 0 Å². The van der Waals surface area contributed by atoms with Crippen LogP contribution in [0.3, 0.4) is 0 Å². The van der Waals surface area contributed by atoms with Crippen LogP contribution in [0.15, 0.2) is 60.8 Å². The molecule has 5 nitrogen and oxygen atoms in total. The minimum Gasteiger partial charge on any atom is -0.354 e. The summed E-state index contributed by atoms with van der Waals surface area (Å²) in [7, 11) is 2.13. The molecule has 2 heterocycles. The molecule has 0 spiro atoms. The largest absolute Gasteiger partial charge is 0.354 e. The number of nitrogens with one attached hydrogen (secondary N) is 1. The second-order valence-corrected chi connectivity index (χ2v) is 8.54. The fourth-order valence-electron chi connectivity index (χ4n) is 4.90. The Bertz CT molecular complexity index is 1180. The number of nitrogens with zero attached hydrogens (tertiary/aromatic N) is 3. The summed E-state index contributed by atoms with van der Waals surface area (Å²) in [4.78, 5) is 17.4. The fourth-order valence-corrected chi connectivity index (χ4v) is 4.90. The Balaban J connectivity index is 1.14. The van der Waals surface area contributed by atoms with Gasteiger partial charge in [-0.15, -0.1) is 0 Å². The summed E-state index contributed by atoms with van der Waals surface area (Å²) in [6.07, 6.45) is 6.55. The lowest BCUT2D eigenvalue weighted by molar-refractivity contribution is -0.121. The molecule has 0 unspecified atom stereocenters. The van der Waals surface area contributed by atoms with E-state index in [1.54, 1.807) is 0 Å². The molecule has 1 saturated carbocycles. The number of rotatable bonds is 5. The zero-order valence-electron chi connectivity index (χ0n) is 17.4. The van der Waals surface area contributed by atoms with Crippen LogP contribution in [0.25, 0.3) is 21.9 Å². The first-order valence-electron chi connectivity index (χ1n) is 10.9. The summed E-state index contributed by atoms with van der Waals surface area (Å²) in [6.45, 7) is 1.15. The zero-order valence-corrected chi connectivity index (χ0v) is 17.4. The maximum atomic E-state index is 12.5. The Morgan fingerprint density at radius 3 is 2.53 bits per heavy atom. The average Bonchev–Trinajstić information content (AvgIpc) is 3.34. The van der Waals surface area contributed by atoms with Crippen LogP contribution in [0.2, 0.25) is 0 Å². The van der Waals surface area contributed by atoms with Crippen molar-refractivity contribution in [3.05, 3.63) is 66.6 Å². The first kappa shape index (κ1) is 18.9. The van der Waals surface area contributed by atoms with Crippen molar-refractivity contribution in [3.63, 3.8) is 0 Å². The molecule has 2 aromatic carbocycles. The molecule has 2 aromatic heterocycles. The van der Waals surface area contributed by atoms with Crippen LogP contribution in [0.4, 0.5) is 0 Å². The second-order valence-electron chi connectivity index (χ2n) is 8.54. The number of aryl methyl sites for hydroxylation is 1. The molecule has 5 rings (SSSR count). The molecule has 0 bridgehead atoms. The Morgan fingerprint density at radius 1 is 1.00 bits per heavy atom. The van der Waals surface area contributed by atoms with Gasteiger partial charge >= 0.3 is 0 Å². The standard InChI is InChI=1S/C25H28N4O/c1-28-23-9-5-3-7-21(23)27-25(28)20-12-10-18(11-13-20)16-26-24(30)17-29-15-14-19-6-2-4-8-22(19)29/h2-9,14-15,18,20H,10-13,16-17H2,1H3,(H,26,30). The molecule has 0 aliphatic heterocycles. The monoisotopic (exact) mass is 400 g/mol. The lowest BCUT2D eigenvalue weighted by Crippen LogP contribution is -2.33. The van der Waals surface area contributed by atoms with Crippen molar-refractivity contribution in [1.82, 2.24) is 19.4 Å². The molecule has 5 heteroatoms. The molecule has 0 radical (unpaired) electrons. The third kappa shape index (κ3) is 3.60. The predicted molar refractivity (Wildman–Crippen MR) is 120 cm³/mol. The SMILES string of the molecule is Cn1c(C2CCC(CNC(=O)Cn3ccc4ccccc43)CC2)nc2ccccc21. The number of hydrogen-bond donors (Lipinski definition) is 1. The van der Waals surface area contributed by atoms with Crippen LogP contribution < -0.4 is 5.32 Å². The van der Waals surface area contributed by atoms with Crippen molar-refractivity contribution in [2.24, 2.45) is 13.0 Å². The number of benzene rings is 2. The van der Waals surface area contributed by atoms with Crippen molar-refractivity contribution in [3.8, 4) is 0 Å². The normalized spacial score (nSPS) is 19.4. The van der Waals surface area contributed by atoms with Gasteiger partial charge in [0.1, 0.15) is 12.4 Å². The molecular weight excluding hydrogens is 372 g/mol. The molecule has 30 heavy (non-hydrogen) atoms. The second kappa shape index (κ2) is 7.98. The van der Waals surface area contributed by atoms with Crippen molar-refractivity contribution in [2.75, 3.05) is 6.54 Å². The van der Waals surface area contributed by atoms with Gasteiger partial charge in [0.25, 0.3) is 0 Å². The quantitative estimate of drug-likeness (QED) is 0.531. The van der Waals surface area contributed by atoms with Gasteiger partial charge in [-0.3, -0.25) is 4.79 Å². The Labute approximate surface area is 176 Å². The highest BCUT2D eigenvalue weighted by Gasteiger charge is 2.26. The lowest BCUT2D eigenvalue weighted by atomic mass is 9.81. The summed E-state index contributed by atoms with van der Waals surface area (Å²) in [5.74, 6) is 2.37.